The Morgan fingerprint density at radius 2 is 2.25 bits per heavy atom. The number of nitrogens with zero attached hydrogens (tertiary/aromatic N) is 1. The fraction of sp³-hybridized carbons (Fsp3) is 0.818. The Hall–Kier alpha value is -1.10. The van der Waals surface area contributed by atoms with E-state index in [1.165, 1.54) is 12.0 Å². The van der Waals surface area contributed by atoms with Crippen LogP contribution >= 0.6 is 0 Å². The predicted octanol–water partition coefficient (Wildman–Crippen LogP) is 0.577. The highest BCUT2D eigenvalue weighted by Gasteiger charge is 2.38. The number of carbonyl (C=O) groups is 2. The molecule has 1 aliphatic rings. The van der Waals surface area contributed by atoms with Gasteiger partial charge in [0, 0.05) is 6.61 Å². The maximum absolute atomic E-state index is 11.5. The molecule has 0 aromatic carbocycles. The number of hydrogen-bond acceptors (Lipinski definition) is 4. The number of ether oxygens (including phenoxy) is 2. The van der Waals surface area contributed by atoms with E-state index in [-0.39, 0.29) is 18.6 Å². The average Bonchev–Trinajstić information content (AvgIpc) is 2.30. The maximum Gasteiger partial charge on any atom is 0.325 e. The molecule has 0 saturated carbocycles. The number of esters is 1. The largest absolute Gasteiger partial charge is 0.468 e. The summed E-state index contributed by atoms with van der Waals surface area (Å²) >= 11 is 0. The molecule has 16 heavy (non-hydrogen) atoms. The van der Waals surface area contributed by atoms with Gasteiger partial charge in [-0.3, -0.25) is 9.59 Å². The second-order valence-electron chi connectivity index (χ2n) is 3.86. The minimum Gasteiger partial charge on any atom is -0.468 e. The molecule has 1 saturated heterocycles. The third kappa shape index (κ3) is 3.48. The highest BCUT2D eigenvalue weighted by atomic mass is 16.5. The van der Waals surface area contributed by atoms with Gasteiger partial charge in [0.2, 0.25) is 0 Å². The van der Waals surface area contributed by atoms with Crippen LogP contribution < -0.4 is 0 Å². The Morgan fingerprint density at radius 3 is 2.81 bits per heavy atom. The lowest BCUT2D eigenvalue weighted by atomic mass is 10.1. The second-order valence-corrected chi connectivity index (χ2v) is 3.86. The van der Waals surface area contributed by atoms with Gasteiger partial charge in [-0.25, -0.2) is 0 Å². The van der Waals surface area contributed by atoms with Crippen molar-refractivity contribution in [3.05, 3.63) is 0 Å². The van der Waals surface area contributed by atoms with Crippen molar-refractivity contribution in [2.45, 2.75) is 32.3 Å². The number of likely N-dealkylation sites (tertiary alicyclic amines) is 1. The van der Waals surface area contributed by atoms with Gasteiger partial charge in [0.1, 0.15) is 6.54 Å². The summed E-state index contributed by atoms with van der Waals surface area (Å²) in [4.78, 5) is 23.8. The predicted molar refractivity (Wildman–Crippen MR) is 57.9 cm³/mol. The molecular weight excluding hydrogens is 210 g/mol. The van der Waals surface area contributed by atoms with Gasteiger partial charge in [-0.15, -0.1) is 0 Å². The number of rotatable bonds is 7. The van der Waals surface area contributed by atoms with Crippen molar-refractivity contribution < 1.29 is 19.1 Å². The van der Waals surface area contributed by atoms with Crippen LogP contribution in [0.15, 0.2) is 0 Å². The summed E-state index contributed by atoms with van der Waals surface area (Å²) in [6.07, 6.45) is 2.89. The first-order valence-corrected chi connectivity index (χ1v) is 5.66. The molecule has 5 heteroatoms. The molecule has 1 aliphatic heterocycles. The summed E-state index contributed by atoms with van der Waals surface area (Å²) in [5.41, 5.74) is 0. The maximum atomic E-state index is 11.5. The number of amides is 1. The van der Waals surface area contributed by atoms with Gasteiger partial charge in [0.15, 0.2) is 6.10 Å². The molecule has 1 unspecified atom stereocenters. The van der Waals surface area contributed by atoms with Crippen molar-refractivity contribution in [2.75, 3.05) is 26.8 Å². The lowest BCUT2D eigenvalue weighted by molar-refractivity contribution is -0.167. The van der Waals surface area contributed by atoms with E-state index in [0.717, 1.165) is 19.3 Å². The summed E-state index contributed by atoms with van der Waals surface area (Å²) in [6, 6.07) is 0. The average molecular weight is 229 g/mol. The molecule has 0 aromatic rings. The van der Waals surface area contributed by atoms with Crippen LogP contribution in [0.5, 0.6) is 0 Å². The first-order valence-electron chi connectivity index (χ1n) is 5.66. The van der Waals surface area contributed by atoms with Crippen molar-refractivity contribution in [3.8, 4) is 0 Å². The zero-order valence-corrected chi connectivity index (χ0v) is 9.90. The van der Waals surface area contributed by atoms with Gasteiger partial charge in [0.05, 0.1) is 13.7 Å². The van der Waals surface area contributed by atoms with Crippen LogP contribution in [0.2, 0.25) is 0 Å². The van der Waals surface area contributed by atoms with Crippen molar-refractivity contribution in [1.29, 1.82) is 0 Å². The molecule has 0 aliphatic carbocycles. The van der Waals surface area contributed by atoms with Gasteiger partial charge in [-0.05, 0) is 6.42 Å². The molecule has 0 radical (unpaired) electrons. The topological polar surface area (TPSA) is 55.8 Å². The van der Waals surface area contributed by atoms with Crippen LogP contribution in [0, 0.1) is 0 Å². The number of β-lactam (4-membered cyclic amide) rings is 1. The van der Waals surface area contributed by atoms with Gasteiger partial charge < -0.3 is 14.4 Å². The van der Waals surface area contributed by atoms with Crippen molar-refractivity contribution in [2.24, 2.45) is 0 Å². The summed E-state index contributed by atoms with van der Waals surface area (Å²) in [7, 11) is 1.31. The van der Waals surface area contributed by atoms with Crippen LogP contribution in [0.3, 0.4) is 0 Å². The molecular formula is C11H19NO4. The molecule has 1 rings (SSSR count). The van der Waals surface area contributed by atoms with E-state index in [0.29, 0.717) is 13.2 Å². The zero-order valence-electron chi connectivity index (χ0n) is 9.90. The normalized spacial score (nSPS) is 19.5. The van der Waals surface area contributed by atoms with Crippen LogP contribution in [-0.2, 0) is 19.1 Å². The first-order chi connectivity index (χ1) is 7.69. The van der Waals surface area contributed by atoms with Crippen LogP contribution in [0.4, 0.5) is 0 Å². The third-order valence-corrected chi connectivity index (χ3v) is 2.59. The van der Waals surface area contributed by atoms with E-state index in [2.05, 4.69) is 11.7 Å². The minimum atomic E-state index is -0.391. The number of methoxy groups -OCH3 is 1. The highest BCUT2D eigenvalue weighted by molar-refractivity contribution is 5.90. The van der Waals surface area contributed by atoms with Gasteiger partial charge in [-0.2, -0.15) is 0 Å². The van der Waals surface area contributed by atoms with E-state index in [9.17, 15) is 9.59 Å². The number of carbonyl (C=O) groups excluding carboxylic acids is 2. The second kappa shape index (κ2) is 6.48. The lowest BCUT2D eigenvalue weighted by Gasteiger charge is -2.37. The van der Waals surface area contributed by atoms with E-state index >= 15 is 0 Å². The molecule has 1 heterocycles. The van der Waals surface area contributed by atoms with Crippen molar-refractivity contribution in [3.63, 3.8) is 0 Å². The molecule has 0 aromatic heterocycles. The summed E-state index contributed by atoms with van der Waals surface area (Å²) in [6.45, 7) is 3.27. The Labute approximate surface area is 95.7 Å². The molecule has 1 fully saturated rings. The Kier molecular flexibility index (Phi) is 5.25. The standard InChI is InChI=1S/C11H19NO4/c1-3-4-5-6-16-9-7-12(11(9)14)8-10(13)15-2/h9H,3-8H2,1-2H3. The van der Waals surface area contributed by atoms with Gasteiger partial charge >= 0.3 is 5.97 Å². The SMILES string of the molecule is CCCCCOC1CN(CC(=O)OC)C1=O. The first kappa shape index (κ1) is 13.0. The van der Waals surface area contributed by atoms with E-state index in [1.807, 2.05) is 0 Å². The number of hydrogen-bond donors (Lipinski definition) is 0. The third-order valence-electron chi connectivity index (χ3n) is 2.59. The van der Waals surface area contributed by atoms with Crippen LogP contribution in [-0.4, -0.2) is 49.7 Å². The Balaban J connectivity index is 2.12. The zero-order chi connectivity index (χ0) is 12.0. The van der Waals surface area contributed by atoms with E-state index < -0.39 is 5.97 Å². The molecule has 5 nitrogen and oxygen atoms in total. The molecule has 0 N–H and O–H groups in total. The Bertz CT molecular complexity index is 254. The molecule has 0 bridgehead atoms. The van der Waals surface area contributed by atoms with E-state index in [1.54, 1.807) is 0 Å². The molecule has 1 atom stereocenters. The van der Waals surface area contributed by atoms with E-state index in [4.69, 9.17) is 4.74 Å². The summed E-state index contributed by atoms with van der Waals surface area (Å²) in [5, 5.41) is 0. The van der Waals surface area contributed by atoms with Crippen molar-refractivity contribution >= 4 is 11.9 Å². The minimum absolute atomic E-state index is 0.0319. The lowest BCUT2D eigenvalue weighted by Crippen LogP contribution is -2.59. The van der Waals surface area contributed by atoms with Crippen LogP contribution in [0.25, 0.3) is 0 Å². The molecule has 0 spiro atoms. The summed E-state index contributed by atoms with van der Waals surface area (Å²) < 4.78 is 9.87. The fourth-order valence-electron chi connectivity index (χ4n) is 1.52. The smallest absolute Gasteiger partial charge is 0.325 e. The van der Waals surface area contributed by atoms with Gasteiger partial charge in [0.25, 0.3) is 5.91 Å². The van der Waals surface area contributed by atoms with Crippen LogP contribution in [0.1, 0.15) is 26.2 Å². The van der Waals surface area contributed by atoms with Crippen molar-refractivity contribution in [1.82, 2.24) is 4.90 Å². The summed E-state index contributed by atoms with van der Waals surface area (Å²) in [5.74, 6) is -0.500. The van der Waals surface area contributed by atoms with Gasteiger partial charge in [-0.1, -0.05) is 19.8 Å². The monoisotopic (exact) mass is 229 g/mol. The fourth-order valence-corrected chi connectivity index (χ4v) is 1.52. The highest BCUT2D eigenvalue weighted by Crippen LogP contribution is 2.14. The Morgan fingerprint density at radius 1 is 1.50 bits per heavy atom. The molecule has 1 amide bonds. The number of unbranched alkanes of at least 4 members (excludes halogenated alkanes) is 2. The quantitative estimate of drug-likeness (QED) is 0.364. The molecule has 92 valence electrons.